The molecule has 1 fully saturated rings. The van der Waals surface area contributed by atoms with Gasteiger partial charge in [0.25, 0.3) is 0 Å². The van der Waals surface area contributed by atoms with Crippen molar-refractivity contribution >= 4 is 26.5 Å². The van der Waals surface area contributed by atoms with Crippen LogP contribution in [-0.4, -0.2) is 43.9 Å². The maximum Gasteiger partial charge on any atom is 0.243 e. The van der Waals surface area contributed by atoms with Gasteiger partial charge in [-0.15, -0.1) is 11.3 Å². The SMILES string of the molecule is Cc1cc(C)c(S(=O)(=O)N2CCN(c3nc(-c4cc(F)cc(F)c4)cs3)CC2)c(C)c1. The largest absolute Gasteiger partial charge is 0.345 e. The van der Waals surface area contributed by atoms with Crippen LogP contribution in [-0.2, 0) is 10.0 Å². The number of anilines is 1. The van der Waals surface area contributed by atoms with Crippen LogP contribution in [0.5, 0.6) is 0 Å². The number of rotatable bonds is 4. The first-order chi connectivity index (χ1) is 14.6. The first-order valence-electron chi connectivity index (χ1n) is 9.90. The summed E-state index contributed by atoms with van der Waals surface area (Å²) in [4.78, 5) is 6.90. The van der Waals surface area contributed by atoms with Gasteiger partial charge in [-0.3, -0.25) is 0 Å². The molecule has 4 rings (SSSR count). The van der Waals surface area contributed by atoms with Crippen molar-refractivity contribution in [3.63, 3.8) is 0 Å². The van der Waals surface area contributed by atoms with Gasteiger partial charge in [0.15, 0.2) is 5.13 Å². The van der Waals surface area contributed by atoms with Crippen LogP contribution in [0.2, 0.25) is 0 Å². The number of nitrogens with zero attached hydrogens (tertiary/aromatic N) is 3. The number of hydrogen-bond donors (Lipinski definition) is 0. The molecule has 0 saturated carbocycles. The molecule has 0 unspecified atom stereocenters. The monoisotopic (exact) mass is 463 g/mol. The molecule has 0 spiro atoms. The van der Waals surface area contributed by atoms with E-state index in [1.165, 1.54) is 27.8 Å². The predicted octanol–water partition coefficient (Wildman–Crippen LogP) is 4.52. The highest BCUT2D eigenvalue weighted by Crippen LogP contribution is 2.31. The van der Waals surface area contributed by atoms with Crippen molar-refractivity contribution in [1.82, 2.24) is 9.29 Å². The van der Waals surface area contributed by atoms with Crippen molar-refractivity contribution in [2.45, 2.75) is 25.7 Å². The first-order valence-corrected chi connectivity index (χ1v) is 12.2. The van der Waals surface area contributed by atoms with Gasteiger partial charge in [-0.05, 0) is 44.0 Å². The Morgan fingerprint density at radius 1 is 0.903 bits per heavy atom. The van der Waals surface area contributed by atoms with Crippen molar-refractivity contribution in [2.24, 2.45) is 0 Å². The van der Waals surface area contributed by atoms with Gasteiger partial charge in [0.05, 0.1) is 10.6 Å². The number of benzene rings is 2. The van der Waals surface area contributed by atoms with Gasteiger partial charge >= 0.3 is 0 Å². The maximum atomic E-state index is 13.5. The number of hydrogen-bond acceptors (Lipinski definition) is 5. The fraction of sp³-hybridized carbons (Fsp3) is 0.318. The van der Waals surface area contributed by atoms with Gasteiger partial charge in [0, 0.05) is 43.2 Å². The smallest absolute Gasteiger partial charge is 0.243 e. The third kappa shape index (κ3) is 4.35. The molecule has 0 aliphatic carbocycles. The molecule has 164 valence electrons. The fourth-order valence-corrected chi connectivity index (χ4v) is 6.79. The summed E-state index contributed by atoms with van der Waals surface area (Å²) < 4.78 is 55.1. The molecule has 0 amide bonds. The average molecular weight is 464 g/mol. The third-order valence-corrected chi connectivity index (χ3v) is 8.47. The molecular weight excluding hydrogens is 440 g/mol. The topological polar surface area (TPSA) is 53.5 Å². The zero-order valence-corrected chi connectivity index (χ0v) is 19.2. The predicted molar refractivity (Wildman–Crippen MR) is 119 cm³/mol. The summed E-state index contributed by atoms with van der Waals surface area (Å²) in [5, 5.41) is 2.46. The summed E-state index contributed by atoms with van der Waals surface area (Å²) in [6, 6.07) is 7.11. The Morgan fingerprint density at radius 2 is 1.48 bits per heavy atom. The number of sulfonamides is 1. The average Bonchev–Trinajstić information content (AvgIpc) is 3.16. The molecule has 0 radical (unpaired) electrons. The minimum absolute atomic E-state index is 0.346. The summed E-state index contributed by atoms with van der Waals surface area (Å²) in [5.41, 5.74) is 3.43. The van der Waals surface area contributed by atoms with E-state index < -0.39 is 21.7 Å². The Morgan fingerprint density at radius 3 is 2.06 bits per heavy atom. The lowest BCUT2D eigenvalue weighted by atomic mass is 10.1. The molecule has 3 aromatic rings. The Labute approximate surface area is 185 Å². The normalized spacial score (nSPS) is 15.5. The second-order valence-corrected chi connectivity index (χ2v) is 10.5. The number of aryl methyl sites for hydroxylation is 3. The number of halogens is 2. The molecule has 0 N–H and O–H groups in total. The summed E-state index contributed by atoms with van der Waals surface area (Å²) >= 11 is 1.38. The van der Waals surface area contributed by atoms with E-state index in [-0.39, 0.29) is 0 Å². The highest BCUT2D eigenvalue weighted by atomic mass is 32.2. The molecule has 1 aliphatic heterocycles. The molecule has 31 heavy (non-hydrogen) atoms. The standard InChI is InChI=1S/C22H23F2N3O2S2/c1-14-8-15(2)21(16(3)9-14)31(28,29)27-6-4-26(5-7-27)22-25-20(13-30-22)17-10-18(23)12-19(24)11-17/h8-13H,4-7H2,1-3H3. The van der Waals surface area contributed by atoms with Crippen molar-refractivity contribution in [3.05, 3.63) is 64.0 Å². The van der Waals surface area contributed by atoms with Crippen LogP contribution in [0.15, 0.2) is 40.6 Å². The number of thiazole rings is 1. The molecule has 5 nitrogen and oxygen atoms in total. The fourth-order valence-electron chi connectivity index (χ4n) is 4.07. The van der Waals surface area contributed by atoms with E-state index in [9.17, 15) is 17.2 Å². The van der Waals surface area contributed by atoms with Gasteiger partial charge in [-0.2, -0.15) is 4.31 Å². The molecular formula is C22H23F2N3O2S2. The summed E-state index contributed by atoms with van der Waals surface area (Å²) in [5.74, 6) is -1.30. The molecule has 1 aliphatic rings. The van der Waals surface area contributed by atoms with E-state index in [1.54, 1.807) is 5.38 Å². The van der Waals surface area contributed by atoms with Crippen LogP contribution in [0, 0.1) is 32.4 Å². The van der Waals surface area contributed by atoms with E-state index in [0.29, 0.717) is 47.5 Å². The Bertz CT molecular complexity index is 1190. The highest BCUT2D eigenvalue weighted by Gasteiger charge is 2.31. The lowest BCUT2D eigenvalue weighted by Crippen LogP contribution is -2.48. The van der Waals surface area contributed by atoms with Crippen molar-refractivity contribution < 1.29 is 17.2 Å². The third-order valence-electron chi connectivity index (χ3n) is 5.36. The van der Waals surface area contributed by atoms with Crippen LogP contribution in [0.1, 0.15) is 16.7 Å². The zero-order valence-electron chi connectivity index (χ0n) is 17.5. The highest BCUT2D eigenvalue weighted by molar-refractivity contribution is 7.89. The minimum atomic E-state index is -3.59. The zero-order chi connectivity index (χ0) is 22.3. The van der Waals surface area contributed by atoms with Gasteiger partial charge in [-0.25, -0.2) is 22.2 Å². The van der Waals surface area contributed by atoms with Gasteiger partial charge in [-0.1, -0.05) is 17.7 Å². The van der Waals surface area contributed by atoms with E-state index in [2.05, 4.69) is 4.98 Å². The first kappa shape index (κ1) is 21.9. The van der Waals surface area contributed by atoms with Crippen LogP contribution in [0.25, 0.3) is 11.3 Å². The summed E-state index contributed by atoms with van der Waals surface area (Å²) in [6.45, 7) is 7.29. The molecule has 0 atom stereocenters. The van der Waals surface area contributed by atoms with Crippen LogP contribution in [0.4, 0.5) is 13.9 Å². The number of aromatic nitrogens is 1. The molecule has 9 heteroatoms. The van der Waals surface area contributed by atoms with E-state index >= 15 is 0 Å². The van der Waals surface area contributed by atoms with Crippen LogP contribution < -0.4 is 4.90 Å². The van der Waals surface area contributed by atoms with E-state index in [0.717, 1.165) is 22.8 Å². The van der Waals surface area contributed by atoms with E-state index in [1.807, 2.05) is 37.8 Å². The lowest BCUT2D eigenvalue weighted by Gasteiger charge is -2.34. The quantitative estimate of drug-likeness (QED) is 0.571. The summed E-state index contributed by atoms with van der Waals surface area (Å²) in [6.07, 6.45) is 0. The Hall–Kier alpha value is -2.36. The molecule has 0 bridgehead atoms. The van der Waals surface area contributed by atoms with E-state index in [4.69, 9.17) is 0 Å². The van der Waals surface area contributed by atoms with Crippen molar-refractivity contribution in [2.75, 3.05) is 31.1 Å². The van der Waals surface area contributed by atoms with Gasteiger partial charge in [0.1, 0.15) is 11.6 Å². The van der Waals surface area contributed by atoms with Gasteiger partial charge < -0.3 is 4.90 Å². The van der Waals surface area contributed by atoms with Crippen LogP contribution >= 0.6 is 11.3 Å². The Balaban J connectivity index is 1.50. The summed E-state index contributed by atoms with van der Waals surface area (Å²) in [7, 11) is -3.59. The lowest BCUT2D eigenvalue weighted by molar-refractivity contribution is 0.384. The second kappa shape index (κ2) is 8.29. The van der Waals surface area contributed by atoms with Crippen LogP contribution in [0.3, 0.4) is 0 Å². The molecule has 1 saturated heterocycles. The maximum absolute atomic E-state index is 13.5. The molecule has 1 aromatic heterocycles. The Kier molecular flexibility index (Phi) is 5.85. The van der Waals surface area contributed by atoms with Crippen molar-refractivity contribution in [3.8, 4) is 11.3 Å². The second-order valence-electron chi connectivity index (χ2n) is 7.79. The van der Waals surface area contributed by atoms with Crippen molar-refractivity contribution in [1.29, 1.82) is 0 Å². The van der Waals surface area contributed by atoms with Gasteiger partial charge in [0.2, 0.25) is 10.0 Å². The molecule has 2 heterocycles. The minimum Gasteiger partial charge on any atom is -0.345 e. The molecule has 2 aromatic carbocycles. The number of piperazine rings is 1.